The van der Waals surface area contributed by atoms with Crippen molar-refractivity contribution >= 4 is 63.2 Å². The first kappa shape index (κ1) is 19.2. The van der Waals surface area contributed by atoms with Crippen LogP contribution in [0.4, 0.5) is 4.79 Å². The van der Waals surface area contributed by atoms with Gasteiger partial charge in [0, 0.05) is 0 Å². The highest BCUT2D eigenvalue weighted by Gasteiger charge is 2.33. The smallest absolute Gasteiger partial charge is 0.329 e. The molecule has 134 valence electrons. The summed E-state index contributed by atoms with van der Waals surface area (Å²) in [7, 11) is 1.63. The molecule has 0 unspecified atom stereocenters. The molecule has 2 aromatic rings. The fourth-order valence-corrected chi connectivity index (χ4v) is 4.87. The largest absolute Gasteiger partial charge is 0.495 e. The minimum atomic E-state index is -0.403. The molecule has 1 saturated heterocycles. The van der Waals surface area contributed by atoms with Crippen molar-refractivity contribution in [3.8, 4) is 5.75 Å². The number of aryl methyl sites for hydroxylation is 1. The zero-order valence-corrected chi connectivity index (χ0v) is 18.5. The summed E-state index contributed by atoms with van der Waals surface area (Å²) in [5.41, 5.74) is 3.16. The van der Waals surface area contributed by atoms with E-state index in [0.717, 1.165) is 29.6 Å². The molecule has 1 aliphatic rings. The fourth-order valence-electron chi connectivity index (χ4n) is 2.62. The van der Waals surface area contributed by atoms with Gasteiger partial charge in [-0.05, 0) is 81.4 Å². The van der Waals surface area contributed by atoms with Gasteiger partial charge in [0.2, 0.25) is 0 Å². The van der Waals surface area contributed by atoms with Gasteiger partial charge in [-0.3, -0.25) is 9.69 Å². The van der Waals surface area contributed by atoms with Gasteiger partial charge >= 0.3 is 6.03 Å². The molecular weight excluding hydrogens is 558 g/mol. The Labute approximate surface area is 179 Å². The Bertz CT molecular complexity index is 884. The van der Waals surface area contributed by atoms with E-state index in [2.05, 4.69) is 50.5 Å². The van der Waals surface area contributed by atoms with Crippen LogP contribution in [0.5, 0.6) is 5.75 Å². The molecule has 26 heavy (non-hydrogen) atoms. The van der Waals surface area contributed by atoms with Crippen molar-refractivity contribution in [3.05, 3.63) is 65.9 Å². The number of nitrogens with zero attached hydrogens (tertiary/aromatic N) is 1. The molecule has 0 spiro atoms. The van der Waals surface area contributed by atoms with Crippen LogP contribution >= 0.6 is 45.2 Å². The maximum Gasteiger partial charge on any atom is 0.329 e. The minimum Gasteiger partial charge on any atom is -0.495 e. The third kappa shape index (κ3) is 4.03. The van der Waals surface area contributed by atoms with Crippen molar-refractivity contribution in [1.29, 1.82) is 0 Å². The van der Waals surface area contributed by atoms with Crippen LogP contribution in [0.3, 0.4) is 0 Å². The van der Waals surface area contributed by atoms with Crippen molar-refractivity contribution in [2.24, 2.45) is 0 Å². The van der Waals surface area contributed by atoms with Gasteiger partial charge in [-0.2, -0.15) is 0 Å². The highest BCUT2D eigenvalue weighted by molar-refractivity contribution is 14.1. The number of nitrogens with one attached hydrogen (secondary N) is 1. The van der Waals surface area contributed by atoms with Crippen LogP contribution in [0.15, 0.2) is 42.1 Å². The summed E-state index contributed by atoms with van der Waals surface area (Å²) in [6.45, 7) is 2.25. The van der Waals surface area contributed by atoms with Crippen LogP contribution in [0.1, 0.15) is 16.7 Å². The molecular formula is C19H16I2N2O3. The molecule has 0 aliphatic carbocycles. The standard InChI is InChI=1S/C19H16I2N2O3/c1-11-3-5-12(6-4-11)10-23-18(24)16(22-19(23)25)9-13-7-14(20)17(26-2)15(21)8-13/h3-9H,10H2,1-2H3,(H,22,25)/b16-9+. The molecule has 0 radical (unpaired) electrons. The number of hydrogen-bond donors (Lipinski definition) is 1. The van der Waals surface area contributed by atoms with Gasteiger partial charge in [0.05, 0.1) is 20.8 Å². The summed E-state index contributed by atoms with van der Waals surface area (Å²) in [6.07, 6.45) is 1.69. The van der Waals surface area contributed by atoms with Crippen LogP contribution in [-0.4, -0.2) is 23.9 Å². The number of rotatable bonds is 4. The third-order valence-corrected chi connectivity index (χ3v) is 5.56. The van der Waals surface area contributed by atoms with Gasteiger partial charge in [-0.25, -0.2) is 4.79 Å². The fraction of sp³-hybridized carbons (Fsp3) is 0.158. The van der Waals surface area contributed by atoms with Crippen molar-refractivity contribution < 1.29 is 14.3 Å². The first-order valence-electron chi connectivity index (χ1n) is 7.82. The Morgan fingerprint density at radius 1 is 1.12 bits per heavy atom. The maximum absolute atomic E-state index is 12.6. The number of imide groups is 1. The molecule has 3 rings (SSSR count). The van der Waals surface area contributed by atoms with E-state index in [1.807, 2.05) is 43.3 Å². The Morgan fingerprint density at radius 2 is 1.73 bits per heavy atom. The second-order valence-corrected chi connectivity index (χ2v) is 8.21. The van der Waals surface area contributed by atoms with Crippen LogP contribution in [0.25, 0.3) is 6.08 Å². The second-order valence-electron chi connectivity index (χ2n) is 5.88. The number of carbonyl (C=O) groups is 2. The molecule has 1 aliphatic heterocycles. The number of carbonyl (C=O) groups excluding carboxylic acids is 2. The predicted octanol–water partition coefficient (Wildman–Crippen LogP) is 4.31. The number of ether oxygens (including phenoxy) is 1. The normalized spacial score (nSPS) is 15.5. The summed E-state index contributed by atoms with van der Waals surface area (Å²) < 4.78 is 7.23. The average molecular weight is 574 g/mol. The Balaban J connectivity index is 1.84. The molecule has 1 fully saturated rings. The lowest BCUT2D eigenvalue weighted by Gasteiger charge is -2.12. The zero-order chi connectivity index (χ0) is 18.8. The third-order valence-electron chi connectivity index (χ3n) is 3.96. The molecule has 0 bridgehead atoms. The number of benzene rings is 2. The summed E-state index contributed by atoms with van der Waals surface area (Å²) in [4.78, 5) is 26.1. The molecule has 1 heterocycles. The number of halogens is 2. The number of methoxy groups -OCH3 is 1. The van der Waals surface area contributed by atoms with E-state index in [-0.39, 0.29) is 18.1 Å². The molecule has 0 atom stereocenters. The quantitative estimate of drug-likeness (QED) is 0.337. The van der Waals surface area contributed by atoms with Crippen LogP contribution in [0.2, 0.25) is 0 Å². The van der Waals surface area contributed by atoms with Crippen molar-refractivity contribution in [3.63, 3.8) is 0 Å². The van der Waals surface area contributed by atoms with Crippen molar-refractivity contribution in [1.82, 2.24) is 10.2 Å². The zero-order valence-electron chi connectivity index (χ0n) is 14.2. The lowest BCUT2D eigenvalue weighted by molar-refractivity contribution is -0.123. The molecule has 2 aromatic carbocycles. The SMILES string of the molecule is COc1c(I)cc(/C=C2/NC(=O)N(Cc3ccc(C)cc3)C2=O)cc1I. The van der Waals surface area contributed by atoms with E-state index in [1.165, 1.54) is 4.90 Å². The number of hydrogen-bond acceptors (Lipinski definition) is 3. The van der Waals surface area contributed by atoms with Crippen LogP contribution < -0.4 is 10.1 Å². The average Bonchev–Trinajstić information content (AvgIpc) is 2.84. The Morgan fingerprint density at radius 3 is 2.31 bits per heavy atom. The molecule has 5 nitrogen and oxygen atoms in total. The summed E-state index contributed by atoms with van der Waals surface area (Å²) in [5.74, 6) is 0.479. The van der Waals surface area contributed by atoms with E-state index in [0.29, 0.717) is 0 Å². The van der Waals surface area contributed by atoms with E-state index in [9.17, 15) is 9.59 Å². The molecule has 7 heteroatoms. The van der Waals surface area contributed by atoms with E-state index >= 15 is 0 Å². The maximum atomic E-state index is 12.6. The van der Waals surface area contributed by atoms with E-state index < -0.39 is 6.03 Å². The topological polar surface area (TPSA) is 58.6 Å². The Hall–Kier alpha value is -1.62. The van der Waals surface area contributed by atoms with Crippen molar-refractivity contribution in [2.45, 2.75) is 13.5 Å². The highest BCUT2D eigenvalue weighted by Crippen LogP contribution is 2.29. The number of amides is 3. The van der Waals surface area contributed by atoms with Gasteiger partial charge in [0.1, 0.15) is 11.4 Å². The lowest BCUT2D eigenvalue weighted by atomic mass is 10.1. The van der Waals surface area contributed by atoms with Crippen LogP contribution in [-0.2, 0) is 11.3 Å². The van der Waals surface area contributed by atoms with Gasteiger partial charge in [0.15, 0.2) is 0 Å². The summed E-state index contributed by atoms with van der Waals surface area (Å²) in [6, 6.07) is 11.2. The Kier molecular flexibility index (Phi) is 5.86. The van der Waals surface area contributed by atoms with Crippen molar-refractivity contribution in [2.75, 3.05) is 7.11 Å². The molecule has 3 amide bonds. The first-order chi connectivity index (χ1) is 12.4. The van der Waals surface area contributed by atoms with E-state index in [4.69, 9.17) is 4.74 Å². The summed E-state index contributed by atoms with van der Waals surface area (Å²) in [5, 5.41) is 2.66. The van der Waals surface area contributed by atoms with E-state index in [1.54, 1.807) is 13.2 Å². The highest BCUT2D eigenvalue weighted by atomic mass is 127. The van der Waals surface area contributed by atoms with Crippen LogP contribution in [0, 0.1) is 14.1 Å². The van der Waals surface area contributed by atoms with Gasteiger partial charge < -0.3 is 10.1 Å². The predicted molar refractivity (Wildman–Crippen MR) is 117 cm³/mol. The second kappa shape index (κ2) is 7.95. The van der Waals surface area contributed by atoms with Gasteiger partial charge in [-0.15, -0.1) is 0 Å². The molecule has 1 N–H and O–H groups in total. The van der Waals surface area contributed by atoms with Gasteiger partial charge in [-0.1, -0.05) is 29.8 Å². The lowest BCUT2D eigenvalue weighted by Crippen LogP contribution is -2.30. The molecule has 0 saturated carbocycles. The van der Waals surface area contributed by atoms with Gasteiger partial charge in [0.25, 0.3) is 5.91 Å². The summed E-state index contributed by atoms with van der Waals surface area (Å²) >= 11 is 4.38. The number of urea groups is 1. The first-order valence-corrected chi connectivity index (χ1v) is 9.98. The molecule has 0 aromatic heterocycles. The minimum absolute atomic E-state index is 0.250. The monoisotopic (exact) mass is 574 g/mol.